The van der Waals surface area contributed by atoms with E-state index in [0.717, 1.165) is 13.0 Å². The Morgan fingerprint density at radius 2 is 2.21 bits per heavy atom. The fourth-order valence-electron chi connectivity index (χ4n) is 1.75. The summed E-state index contributed by atoms with van der Waals surface area (Å²) in [5.41, 5.74) is 0.813. The number of nitrogens with one attached hydrogen (secondary N) is 1. The Hall–Kier alpha value is -1.26. The molecule has 1 rings (SSSR count). The van der Waals surface area contributed by atoms with Crippen molar-refractivity contribution in [2.24, 2.45) is 0 Å². The Labute approximate surface area is 119 Å². The number of hydrogen-bond acceptors (Lipinski definition) is 3. The first-order valence-electron chi connectivity index (χ1n) is 6.42. The summed E-state index contributed by atoms with van der Waals surface area (Å²) in [5, 5.41) is 12.7. The summed E-state index contributed by atoms with van der Waals surface area (Å²) >= 11 is 5.81. The number of carboxylic acid groups (broad SMARTS) is 1. The highest BCUT2D eigenvalue weighted by Gasteiger charge is 2.11. The van der Waals surface area contributed by atoms with Gasteiger partial charge in [-0.3, -0.25) is 0 Å². The zero-order valence-electron chi connectivity index (χ0n) is 11.6. The molecule has 19 heavy (non-hydrogen) atoms. The van der Waals surface area contributed by atoms with Gasteiger partial charge in [-0.15, -0.1) is 0 Å². The van der Waals surface area contributed by atoms with E-state index in [1.165, 1.54) is 6.07 Å². The Kier molecular flexibility index (Phi) is 6.12. The molecule has 0 radical (unpaired) electrons. The van der Waals surface area contributed by atoms with Gasteiger partial charge in [-0.2, -0.15) is 0 Å². The first kappa shape index (κ1) is 15.8. The summed E-state index contributed by atoms with van der Waals surface area (Å²) in [6.07, 6.45) is 1.10. The maximum absolute atomic E-state index is 11.1. The third kappa shape index (κ3) is 4.73. The summed E-state index contributed by atoms with van der Waals surface area (Å²) < 4.78 is 0. The van der Waals surface area contributed by atoms with Gasteiger partial charge in [-0.05, 0) is 38.6 Å². The topological polar surface area (TPSA) is 52.6 Å². The molecule has 0 heterocycles. The van der Waals surface area contributed by atoms with Gasteiger partial charge in [0, 0.05) is 29.8 Å². The molecular weight excluding hydrogens is 264 g/mol. The quantitative estimate of drug-likeness (QED) is 0.807. The molecule has 0 spiro atoms. The maximum Gasteiger partial charge on any atom is 0.337 e. The Morgan fingerprint density at radius 1 is 1.53 bits per heavy atom. The molecule has 1 unspecified atom stereocenters. The van der Waals surface area contributed by atoms with Crippen LogP contribution in [-0.4, -0.2) is 42.2 Å². The highest BCUT2D eigenvalue weighted by Crippen LogP contribution is 2.20. The SMILES string of the molecule is CCC(C)N(C)CCNc1ccc(Cl)cc1C(=O)O. The van der Waals surface area contributed by atoms with E-state index in [-0.39, 0.29) is 5.56 Å². The van der Waals surface area contributed by atoms with Crippen LogP contribution in [0.3, 0.4) is 0 Å². The van der Waals surface area contributed by atoms with Crippen LogP contribution in [0.1, 0.15) is 30.6 Å². The molecule has 1 aromatic rings. The second-order valence-electron chi connectivity index (χ2n) is 4.66. The summed E-state index contributed by atoms with van der Waals surface area (Å²) in [6, 6.07) is 5.37. The monoisotopic (exact) mass is 284 g/mol. The van der Waals surface area contributed by atoms with Crippen molar-refractivity contribution in [3.8, 4) is 0 Å². The van der Waals surface area contributed by atoms with Gasteiger partial charge in [0.05, 0.1) is 5.56 Å². The minimum absolute atomic E-state index is 0.207. The van der Waals surface area contributed by atoms with Crippen molar-refractivity contribution in [2.45, 2.75) is 26.3 Å². The average molecular weight is 285 g/mol. The van der Waals surface area contributed by atoms with E-state index < -0.39 is 5.97 Å². The molecule has 0 aliphatic rings. The smallest absolute Gasteiger partial charge is 0.337 e. The van der Waals surface area contributed by atoms with Crippen molar-refractivity contribution >= 4 is 23.3 Å². The van der Waals surface area contributed by atoms with E-state index in [9.17, 15) is 4.79 Å². The molecule has 0 aliphatic heterocycles. The van der Waals surface area contributed by atoms with E-state index >= 15 is 0 Å². The number of nitrogens with zero attached hydrogens (tertiary/aromatic N) is 1. The fourth-order valence-corrected chi connectivity index (χ4v) is 1.92. The van der Waals surface area contributed by atoms with Crippen molar-refractivity contribution in [1.82, 2.24) is 4.90 Å². The van der Waals surface area contributed by atoms with Gasteiger partial charge in [0.25, 0.3) is 0 Å². The van der Waals surface area contributed by atoms with Gasteiger partial charge in [0.2, 0.25) is 0 Å². The lowest BCUT2D eigenvalue weighted by Gasteiger charge is -2.23. The van der Waals surface area contributed by atoms with Gasteiger partial charge < -0.3 is 15.3 Å². The molecule has 0 fully saturated rings. The fraction of sp³-hybridized carbons (Fsp3) is 0.500. The predicted molar refractivity (Wildman–Crippen MR) is 79.3 cm³/mol. The molecule has 2 N–H and O–H groups in total. The Balaban J connectivity index is 2.61. The van der Waals surface area contributed by atoms with Crippen LogP contribution in [0.15, 0.2) is 18.2 Å². The first-order chi connectivity index (χ1) is 8.95. The number of aromatic carboxylic acids is 1. The van der Waals surface area contributed by atoms with Crippen LogP contribution in [0.4, 0.5) is 5.69 Å². The number of carbonyl (C=O) groups is 1. The van der Waals surface area contributed by atoms with Crippen LogP contribution in [-0.2, 0) is 0 Å². The normalized spacial score (nSPS) is 12.5. The van der Waals surface area contributed by atoms with Crippen LogP contribution < -0.4 is 5.32 Å². The molecule has 5 heteroatoms. The maximum atomic E-state index is 11.1. The van der Waals surface area contributed by atoms with Crippen molar-refractivity contribution in [2.75, 3.05) is 25.5 Å². The largest absolute Gasteiger partial charge is 0.478 e. The molecule has 0 saturated carbocycles. The number of carboxylic acids is 1. The lowest BCUT2D eigenvalue weighted by atomic mass is 10.2. The van der Waals surface area contributed by atoms with Gasteiger partial charge in [-0.1, -0.05) is 18.5 Å². The molecular formula is C14H21ClN2O2. The third-order valence-electron chi connectivity index (χ3n) is 3.34. The van der Waals surface area contributed by atoms with Crippen LogP contribution >= 0.6 is 11.6 Å². The van der Waals surface area contributed by atoms with Gasteiger partial charge in [0.15, 0.2) is 0 Å². The Morgan fingerprint density at radius 3 is 2.79 bits per heavy atom. The number of anilines is 1. The number of hydrogen-bond donors (Lipinski definition) is 2. The second-order valence-corrected chi connectivity index (χ2v) is 5.10. The van der Waals surface area contributed by atoms with Crippen LogP contribution in [0.2, 0.25) is 5.02 Å². The molecule has 0 aliphatic carbocycles. The average Bonchev–Trinajstić information content (AvgIpc) is 2.38. The number of likely N-dealkylation sites (N-methyl/N-ethyl adjacent to an activating group) is 1. The van der Waals surface area contributed by atoms with Gasteiger partial charge in [-0.25, -0.2) is 4.79 Å². The molecule has 0 amide bonds. The summed E-state index contributed by atoms with van der Waals surface area (Å²) in [5.74, 6) is -0.972. The minimum atomic E-state index is -0.972. The zero-order chi connectivity index (χ0) is 14.4. The summed E-state index contributed by atoms with van der Waals surface area (Å²) in [7, 11) is 2.07. The molecule has 4 nitrogen and oxygen atoms in total. The second kappa shape index (κ2) is 7.36. The number of rotatable bonds is 7. The standard InChI is InChI=1S/C14H21ClN2O2/c1-4-10(2)17(3)8-7-16-13-6-5-11(15)9-12(13)14(18)19/h5-6,9-10,16H,4,7-8H2,1-3H3,(H,18,19). The lowest BCUT2D eigenvalue weighted by molar-refractivity contribution is 0.0698. The van der Waals surface area contributed by atoms with Crippen molar-refractivity contribution in [3.05, 3.63) is 28.8 Å². The van der Waals surface area contributed by atoms with Crippen molar-refractivity contribution in [3.63, 3.8) is 0 Å². The molecule has 1 atom stereocenters. The predicted octanol–water partition coefficient (Wildman–Crippen LogP) is 3.18. The summed E-state index contributed by atoms with van der Waals surface area (Å²) in [6.45, 7) is 5.88. The van der Waals surface area contributed by atoms with E-state index in [1.54, 1.807) is 12.1 Å². The van der Waals surface area contributed by atoms with Crippen molar-refractivity contribution < 1.29 is 9.90 Å². The van der Waals surface area contributed by atoms with E-state index in [0.29, 0.717) is 23.3 Å². The third-order valence-corrected chi connectivity index (χ3v) is 3.57. The molecule has 0 saturated heterocycles. The zero-order valence-corrected chi connectivity index (χ0v) is 12.4. The molecule has 106 valence electrons. The number of benzene rings is 1. The molecule has 0 bridgehead atoms. The Bertz CT molecular complexity index is 437. The van der Waals surface area contributed by atoms with E-state index in [4.69, 9.17) is 16.7 Å². The van der Waals surface area contributed by atoms with E-state index in [1.807, 2.05) is 0 Å². The first-order valence-corrected chi connectivity index (χ1v) is 6.80. The lowest BCUT2D eigenvalue weighted by Crippen LogP contribution is -2.32. The molecule has 0 aromatic heterocycles. The minimum Gasteiger partial charge on any atom is -0.478 e. The van der Waals surface area contributed by atoms with Crippen LogP contribution in [0.5, 0.6) is 0 Å². The van der Waals surface area contributed by atoms with Gasteiger partial charge in [0.1, 0.15) is 0 Å². The van der Waals surface area contributed by atoms with Gasteiger partial charge >= 0.3 is 5.97 Å². The van der Waals surface area contributed by atoms with E-state index in [2.05, 4.69) is 31.1 Å². The molecule has 1 aromatic carbocycles. The summed E-state index contributed by atoms with van der Waals surface area (Å²) in [4.78, 5) is 13.4. The van der Waals surface area contributed by atoms with Crippen LogP contribution in [0, 0.1) is 0 Å². The highest BCUT2D eigenvalue weighted by atomic mass is 35.5. The van der Waals surface area contributed by atoms with Crippen LogP contribution in [0.25, 0.3) is 0 Å². The number of halogens is 1. The van der Waals surface area contributed by atoms with Crippen molar-refractivity contribution in [1.29, 1.82) is 0 Å². The highest BCUT2D eigenvalue weighted by molar-refractivity contribution is 6.31.